The molecule has 0 bridgehead atoms. The third kappa shape index (κ3) is 4.02. The van der Waals surface area contributed by atoms with Gasteiger partial charge in [0.05, 0.1) is 16.6 Å². The predicted octanol–water partition coefficient (Wildman–Crippen LogP) is 6.41. The maximum absolute atomic E-state index is 5.94. The summed E-state index contributed by atoms with van der Waals surface area (Å²) in [7, 11) is 1.67. The Hall–Kier alpha value is -1.62. The lowest BCUT2D eigenvalue weighted by Crippen LogP contribution is -1.82. The Morgan fingerprint density at radius 2 is 1.91 bits per heavy atom. The Morgan fingerprint density at radius 3 is 2.65 bits per heavy atom. The van der Waals surface area contributed by atoms with Crippen molar-refractivity contribution in [3.63, 3.8) is 0 Å². The zero-order valence-corrected chi connectivity index (χ0v) is 15.5. The van der Waals surface area contributed by atoms with Gasteiger partial charge >= 0.3 is 0 Å². The van der Waals surface area contributed by atoms with Crippen LogP contribution < -0.4 is 4.74 Å². The van der Waals surface area contributed by atoms with Crippen LogP contribution in [0, 0.1) is 0 Å². The zero-order valence-electron chi connectivity index (χ0n) is 12.3. The lowest BCUT2D eigenvalue weighted by atomic mass is 10.2. The molecule has 0 N–H and O–H groups in total. The van der Waals surface area contributed by atoms with Crippen molar-refractivity contribution in [3.8, 4) is 17.0 Å². The van der Waals surface area contributed by atoms with Gasteiger partial charge < -0.3 is 4.74 Å². The third-order valence-corrected chi connectivity index (χ3v) is 5.15. The molecule has 23 heavy (non-hydrogen) atoms. The molecule has 0 amide bonds. The minimum Gasteiger partial charge on any atom is -0.497 e. The lowest BCUT2D eigenvalue weighted by Gasteiger charge is -1.99. The Labute approximate surface area is 152 Å². The van der Waals surface area contributed by atoms with Gasteiger partial charge in [-0.3, -0.25) is 0 Å². The smallest absolute Gasteiger partial charge is 0.119 e. The fourth-order valence-electron chi connectivity index (χ4n) is 2.09. The van der Waals surface area contributed by atoms with E-state index in [-0.39, 0.29) is 0 Å². The van der Waals surface area contributed by atoms with Crippen molar-refractivity contribution >= 4 is 51.0 Å². The number of rotatable bonds is 4. The van der Waals surface area contributed by atoms with Crippen molar-refractivity contribution in [3.05, 3.63) is 67.9 Å². The Balaban J connectivity index is 1.85. The number of benzene rings is 2. The van der Waals surface area contributed by atoms with Crippen LogP contribution in [0.15, 0.2) is 52.3 Å². The molecule has 1 aromatic heterocycles. The standard InChI is InChI=1S/C18H13BrClNOS/c1-22-15-4-2-3-12(11-15)5-10-16-21-17(18(19)23-16)13-6-8-14(20)9-7-13/h2-11H,1H3/b10-5+. The molecule has 0 fully saturated rings. The van der Waals surface area contributed by atoms with Gasteiger partial charge in [-0.25, -0.2) is 4.98 Å². The van der Waals surface area contributed by atoms with E-state index < -0.39 is 0 Å². The molecule has 2 aromatic carbocycles. The van der Waals surface area contributed by atoms with Crippen LogP contribution in [0.3, 0.4) is 0 Å². The van der Waals surface area contributed by atoms with Crippen molar-refractivity contribution in [2.75, 3.05) is 7.11 Å². The molecule has 3 rings (SSSR count). The van der Waals surface area contributed by atoms with Gasteiger partial charge in [0, 0.05) is 10.6 Å². The molecule has 1 heterocycles. The van der Waals surface area contributed by atoms with E-state index in [2.05, 4.69) is 20.9 Å². The molecule has 5 heteroatoms. The fraction of sp³-hybridized carbons (Fsp3) is 0.0556. The van der Waals surface area contributed by atoms with Gasteiger partial charge in [0.25, 0.3) is 0 Å². The maximum atomic E-state index is 5.94. The molecule has 0 aliphatic heterocycles. The second kappa shape index (κ2) is 7.30. The SMILES string of the molecule is COc1cccc(/C=C/c2nc(-c3ccc(Cl)cc3)c(Br)s2)c1. The summed E-state index contributed by atoms with van der Waals surface area (Å²) < 4.78 is 6.24. The van der Waals surface area contributed by atoms with Gasteiger partial charge in [-0.2, -0.15) is 0 Å². The number of methoxy groups -OCH3 is 1. The molecule has 0 saturated carbocycles. The van der Waals surface area contributed by atoms with Crippen LogP contribution in [-0.2, 0) is 0 Å². The van der Waals surface area contributed by atoms with E-state index in [1.807, 2.05) is 60.7 Å². The highest BCUT2D eigenvalue weighted by Gasteiger charge is 2.09. The highest BCUT2D eigenvalue weighted by molar-refractivity contribution is 9.11. The molecular weight excluding hydrogens is 394 g/mol. The summed E-state index contributed by atoms with van der Waals surface area (Å²) in [6.07, 6.45) is 4.03. The zero-order chi connectivity index (χ0) is 16.2. The lowest BCUT2D eigenvalue weighted by molar-refractivity contribution is 0.414. The second-order valence-corrected chi connectivity index (χ2v) is 7.58. The van der Waals surface area contributed by atoms with E-state index in [9.17, 15) is 0 Å². The Morgan fingerprint density at radius 1 is 1.13 bits per heavy atom. The summed E-state index contributed by atoms with van der Waals surface area (Å²) in [5.74, 6) is 0.842. The molecule has 0 atom stereocenters. The summed E-state index contributed by atoms with van der Waals surface area (Å²) in [6, 6.07) is 15.6. The van der Waals surface area contributed by atoms with Crippen LogP contribution in [0.5, 0.6) is 5.75 Å². The monoisotopic (exact) mass is 405 g/mol. The first kappa shape index (κ1) is 16.2. The molecule has 0 aliphatic carbocycles. The average Bonchev–Trinajstić information content (AvgIpc) is 2.95. The first-order valence-electron chi connectivity index (χ1n) is 6.90. The van der Waals surface area contributed by atoms with Crippen LogP contribution >= 0.6 is 38.9 Å². The number of nitrogens with zero attached hydrogens (tertiary/aromatic N) is 1. The molecule has 0 radical (unpaired) electrons. The van der Waals surface area contributed by atoms with E-state index in [1.165, 1.54) is 0 Å². The maximum Gasteiger partial charge on any atom is 0.119 e. The molecule has 116 valence electrons. The Bertz CT molecular complexity index is 842. The fourth-order valence-corrected chi connectivity index (χ4v) is 3.74. The number of hydrogen-bond donors (Lipinski definition) is 0. The van der Waals surface area contributed by atoms with Crippen molar-refractivity contribution in [1.82, 2.24) is 4.98 Å². The molecule has 0 unspecified atom stereocenters. The van der Waals surface area contributed by atoms with Gasteiger partial charge in [-0.1, -0.05) is 41.9 Å². The summed E-state index contributed by atoms with van der Waals surface area (Å²) >= 11 is 11.1. The molecule has 0 aliphatic rings. The minimum atomic E-state index is 0.721. The third-order valence-electron chi connectivity index (χ3n) is 3.23. The number of aromatic nitrogens is 1. The van der Waals surface area contributed by atoms with Gasteiger partial charge in [0.2, 0.25) is 0 Å². The predicted molar refractivity (Wildman–Crippen MR) is 102 cm³/mol. The Kier molecular flexibility index (Phi) is 5.16. The van der Waals surface area contributed by atoms with Gasteiger partial charge in [0.1, 0.15) is 10.8 Å². The summed E-state index contributed by atoms with van der Waals surface area (Å²) in [5, 5.41) is 1.66. The van der Waals surface area contributed by atoms with Crippen LogP contribution in [0.25, 0.3) is 23.4 Å². The number of halogens is 2. The summed E-state index contributed by atoms with van der Waals surface area (Å²) in [6.45, 7) is 0. The second-order valence-electron chi connectivity index (χ2n) is 4.79. The normalized spacial score (nSPS) is 11.1. The molecule has 2 nitrogen and oxygen atoms in total. The van der Waals surface area contributed by atoms with E-state index in [0.29, 0.717) is 0 Å². The van der Waals surface area contributed by atoms with Gasteiger partial charge in [-0.15, -0.1) is 11.3 Å². The van der Waals surface area contributed by atoms with Crippen molar-refractivity contribution in [2.45, 2.75) is 0 Å². The van der Waals surface area contributed by atoms with E-state index >= 15 is 0 Å². The van der Waals surface area contributed by atoms with Crippen LogP contribution in [-0.4, -0.2) is 12.1 Å². The van der Waals surface area contributed by atoms with Crippen LogP contribution in [0.2, 0.25) is 5.02 Å². The van der Waals surface area contributed by atoms with Crippen molar-refractivity contribution < 1.29 is 4.74 Å². The molecular formula is C18H13BrClNOS. The first-order chi connectivity index (χ1) is 11.2. The van der Waals surface area contributed by atoms with Crippen LogP contribution in [0.1, 0.15) is 10.6 Å². The topological polar surface area (TPSA) is 22.1 Å². The van der Waals surface area contributed by atoms with E-state index in [4.69, 9.17) is 16.3 Å². The quantitative estimate of drug-likeness (QED) is 0.500. The highest BCUT2D eigenvalue weighted by Crippen LogP contribution is 2.34. The minimum absolute atomic E-state index is 0.721. The molecule has 0 saturated heterocycles. The van der Waals surface area contributed by atoms with Crippen molar-refractivity contribution in [2.24, 2.45) is 0 Å². The molecule has 0 spiro atoms. The first-order valence-corrected chi connectivity index (χ1v) is 8.89. The number of thiazole rings is 1. The molecule has 3 aromatic rings. The van der Waals surface area contributed by atoms with E-state index in [0.717, 1.165) is 36.4 Å². The largest absolute Gasteiger partial charge is 0.497 e. The van der Waals surface area contributed by atoms with Crippen LogP contribution in [0.4, 0.5) is 0 Å². The van der Waals surface area contributed by atoms with Crippen molar-refractivity contribution in [1.29, 1.82) is 0 Å². The summed E-state index contributed by atoms with van der Waals surface area (Å²) in [5.41, 5.74) is 3.04. The summed E-state index contributed by atoms with van der Waals surface area (Å²) in [4.78, 5) is 4.68. The van der Waals surface area contributed by atoms with Gasteiger partial charge in [0.15, 0.2) is 0 Å². The van der Waals surface area contributed by atoms with E-state index in [1.54, 1.807) is 18.4 Å². The van der Waals surface area contributed by atoms with Gasteiger partial charge in [-0.05, 0) is 51.8 Å². The highest BCUT2D eigenvalue weighted by atomic mass is 79.9. The average molecular weight is 407 g/mol. The number of ether oxygens (including phenoxy) is 1. The number of hydrogen-bond acceptors (Lipinski definition) is 3.